The number of esters is 1. The van der Waals surface area contributed by atoms with E-state index in [1.165, 1.54) is 18.3 Å². The van der Waals surface area contributed by atoms with Crippen LogP contribution in [0.2, 0.25) is 0 Å². The van der Waals surface area contributed by atoms with Gasteiger partial charge in [0.15, 0.2) is 5.75 Å². The summed E-state index contributed by atoms with van der Waals surface area (Å²) in [5, 5.41) is 3.81. The molecule has 3 aromatic rings. The molecule has 31 heavy (non-hydrogen) atoms. The summed E-state index contributed by atoms with van der Waals surface area (Å²) in [6.45, 7) is 7.45. The second kappa shape index (κ2) is 9.65. The number of pyridine rings is 1. The van der Waals surface area contributed by atoms with Gasteiger partial charge in [0.2, 0.25) is 5.91 Å². The molecule has 2 heterocycles. The Morgan fingerprint density at radius 1 is 1.23 bits per heavy atom. The quantitative estimate of drug-likeness (QED) is 0.431. The molecule has 0 saturated carbocycles. The molecule has 0 radical (unpaired) electrons. The molecule has 1 amide bonds. The van der Waals surface area contributed by atoms with Crippen molar-refractivity contribution in [2.45, 2.75) is 34.3 Å². The SMILES string of the molecule is CCOC(=O)c1c(NC(C)=O)sc2c(OCc3ncc(C)c(OC)c3C)c(Br)ccc12. The Morgan fingerprint density at radius 2 is 1.97 bits per heavy atom. The zero-order chi connectivity index (χ0) is 22.7. The molecule has 9 heteroatoms. The Kier molecular flexibility index (Phi) is 7.17. The van der Waals surface area contributed by atoms with Crippen LogP contribution in [-0.2, 0) is 16.1 Å². The first-order chi connectivity index (χ1) is 14.8. The number of hydrogen-bond acceptors (Lipinski definition) is 7. The largest absolute Gasteiger partial charge is 0.496 e. The van der Waals surface area contributed by atoms with Crippen LogP contribution in [0.5, 0.6) is 11.5 Å². The second-order valence-electron chi connectivity index (χ2n) is 6.80. The third kappa shape index (κ3) is 4.67. The average molecular weight is 507 g/mol. The van der Waals surface area contributed by atoms with Gasteiger partial charge in [-0.2, -0.15) is 0 Å². The first-order valence-corrected chi connectivity index (χ1v) is 11.2. The molecule has 0 spiro atoms. The van der Waals surface area contributed by atoms with Gasteiger partial charge in [0.1, 0.15) is 22.9 Å². The lowest BCUT2D eigenvalue weighted by atomic mass is 10.1. The van der Waals surface area contributed by atoms with Crippen molar-refractivity contribution in [3.63, 3.8) is 0 Å². The highest BCUT2D eigenvalue weighted by Gasteiger charge is 2.24. The van der Waals surface area contributed by atoms with Crippen LogP contribution in [0, 0.1) is 13.8 Å². The molecule has 3 rings (SSSR count). The van der Waals surface area contributed by atoms with Crippen molar-refractivity contribution < 1.29 is 23.8 Å². The molecule has 164 valence electrons. The molecule has 0 bridgehead atoms. The summed E-state index contributed by atoms with van der Waals surface area (Å²) in [6.07, 6.45) is 1.75. The highest BCUT2D eigenvalue weighted by molar-refractivity contribution is 9.10. The fourth-order valence-electron chi connectivity index (χ4n) is 3.26. The molecule has 2 aromatic heterocycles. The standard InChI is InChI=1S/C22H23BrN2O5S/c1-6-29-22(27)17-14-7-8-15(23)19(20(14)31-21(17)25-13(4)26)30-10-16-12(3)18(28-5)11(2)9-24-16/h7-9H,6,10H2,1-5H3,(H,25,26). The van der Waals surface area contributed by atoms with Crippen LogP contribution in [0.4, 0.5) is 5.00 Å². The molecule has 0 aliphatic rings. The number of carbonyl (C=O) groups excluding carboxylic acids is 2. The number of methoxy groups -OCH3 is 1. The van der Waals surface area contributed by atoms with Crippen molar-refractivity contribution in [2.24, 2.45) is 0 Å². The molecule has 0 saturated heterocycles. The minimum atomic E-state index is -0.494. The predicted molar refractivity (Wildman–Crippen MR) is 124 cm³/mol. The van der Waals surface area contributed by atoms with Crippen LogP contribution in [-0.4, -0.2) is 30.6 Å². The van der Waals surface area contributed by atoms with Crippen LogP contribution in [0.15, 0.2) is 22.8 Å². The fourth-order valence-corrected chi connectivity index (χ4v) is 5.07. The first kappa shape index (κ1) is 23.0. The summed E-state index contributed by atoms with van der Waals surface area (Å²) < 4.78 is 18.3. The minimum Gasteiger partial charge on any atom is -0.496 e. The van der Waals surface area contributed by atoms with Gasteiger partial charge in [-0.15, -0.1) is 11.3 Å². The first-order valence-electron chi connectivity index (χ1n) is 9.60. The molecule has 0 aliphatic carbocycles. The number of benzene rings is 1. The van der Waals surface area contributed by atoms with Gasteiger partial charge in [0.05, 0.1) is 28.6 Å². The molecule has 0 fully saturated rings. The number of fused-ring (bicyclic) bond motifs is 1. The normalized spacial score (nSPS) is 10.8. The van der Waals surface area contributed by atoms with Gasteiger partial charge in [-0.25, -0.2) is 4.79 Å². The summed E-state index contributed by atoms with van der Waals surface area (Å²) in [5.41, 5.74) is 2.92. The average Bonchev–Trinajstić information content (AvgIpc) is 3.06. The third-order valence-corrected chi connectivity index (χ3v) is 6.38. The number of anilines is 1. The fraction of sp³-hybridized carbons (Fsp3) is 0.318. The van der Waals surface area contributed by atoms with Crippen LogP contribution in [0.1, 0.15) is 41.0 Å². The van der Waals surface area contributed by atoms with Crippen LogP contribution in [0.3, 0.4) is 0 Å². The van der Waals surface area contributed by atoms with E-state index in [0.29, 0.717) is 21.7 Å². The van der Waals surface area contributed by atoms with Crippen molar-refractivity contribution in [3.05, 3.63) is 45.2 Å². The number of thiophene rings is 1. The second-order valence-corrected chi connectivity index (χ2v) is 8.67. The van der Waals surface area contributed by atoms with E-state index in [1.54, 1.807) is 32.4 Å². The maximum absolute atomic E-state index is 12.6. The van der Waals surface area contributed by atoms with Crippen molar-refractivity contribution >= 4 is 54.2 Å². The number of nitrogens with one attached hydrogen (secondary N) is 1. The molecular formula is C22H23BrN2O5S. The topological polar surface area (TPSA) is 86.8 Å². The monoisotopic (exact) mass is 506 g/mol. The van der Waals surface area contributed by atoms with Gasteiger partial charge in [0, 0.05) is 29.6 Å². The highest BCUT2D eigenvalue weighted by atomic mass is 79.9. The zero-order valence-electron chi connectivity index (χ0n) is 17.9. The van der Waals surface area contributed by atoms with Gasteiger partial charge in [0.25, 0.3) is 0 Å². The zero-order valence-corrected chi connectivity index (χ0v) is 20.3. The summed E-state index contributed by atoms with van der Waals surface area (Å²) in [7, 11) is 1.63. The Hall–Kier alpha value is -2.65. The number of aryl methyl sites for hydroxylation is 1. The molecule has 0 unspecified atom stereocenters. The Labute approximate surface area is 192 Å². The molecule has 7 nitrogen and oxygen atoms in total. The molecular weight excluding hydrogens is 484 g/mol. The summed E-state index contributed by atoms with van der Waals surface area (Å²) in [6, 6.07) is 3.61. The third-order valence-electron chi connectivity index (χ3n) is 4.64. The van der Waals surface area contributed by atoms with Crippen LogP contribution < -0.4 is 14.8 Å². The van der Waals surface area contributed by atoms with Gasteiger partial charge in [-0.3, -0.25) is 9.78 Å². The van der Waals surface area contributed by atoms with E-state index in [0.717, 1.165) is 31.7 Å². The lowest BCUT2D eigenvalue weighted by Crippen LogP contribution is -2.10. The van der Waals surface area contributed by atoms with Crippen molar-refractivity contribution in [2.75, 3.05) is 19.0 Å². The van der Waals surface area contributed by atoms with E-state index < -0.39 is 5.97 Å². The van der Waals surface area contributed by atoms with E-state index in [2.05, 4.69) is 26.2 Å². The number of nitrogens with zero attached hydrogens (tertiary/aromatic N) is 1. The smallest absolute Gasteiger partial charge is 0.341 e. The maximum Gasteiger partial charge on any atom is 0.341 e. The number of amides is 1. The number of carbonyl (C=O) groups is 2. The van der Waals surface area contributed by atoms with Gasteiger partial charge < -0.3 is 19.5 Å². The van der Waals surface area contributed by atoms with Gasteiger partial charge in [-0.05, 0) is 42.8 Å². The van der Waals surface area contributed by atoms with Crippen molar-refractivity contribution in [1.82, 2.24) is 4.98 Å². The highest BCUT2D eigenvalue weighted by Crippen LogP contribution is 2.45. The van der Waals surface area contributed by atoms with Crippen molar-refractivity contribution in [3.8, 4) is 11.5 Å². The van der Waals surface area contributed by atoms with Crippen LogP contribution >= 0.6 is 27.3 Å². The summed E-state index contributed by atoms with van der Waals surface area (Å²) in [4.78, 5) is 28.8. The lowest BCUT2D eigenvalue weighted by Gasteiger charge is -2.14. The number of hydrogen-bond donors (Lipinski definition) is 1. The van der Waals surface area contributed by atoms with Gasteiger partial charge in [-0.1, -0.05) is 6.07 Å². The van der Waals surface area contributed by atoms with E-state index in [9.17, 15) is 9.59 Å². The number of ether oxygens (including phenoxy) is 3. The molecule has 0 atom stereocenters. The Morgan fingerprint density at radius 3 is 2.61 bits per heavy atom. The van der Waals surface area contributed by atoms with Crippen LogP contribution in [0.25, 0.3) is 10.1 Å². The Bertz CT molecular complexity index is 1160. The molecule has 1 aromatic carbocycles. The molecule has 0 aliphatic heterocycles. The summed E-state index contributed by atoms with van der Waals surface area (Å²) >= 11 is 4.80. The predicted octanol–water partition coefficient (Wildman–Crippen LogP) is 5.40. The number of aromatic nitrogens is 1. The number of rotatable bonds is 7. The van der Waals surface area contributed by atoms with Gasteiger partial charge >= 0.3 is 5.97 Å². The van der Waals surface area contributed by atoms with E-state index >= 15 is 0 Å². The van der Waals surface area contributed by atoms with E-state index in [4.69, 9.17) is 14.2 Å². The summed E-state index contributed by atoms with van der Waals surface area (Å²) in [5.74, 6) is 0.571. The maximum atomic E-state index is 12.6. The Balaban J connectivity index is 2.06. The van der Waals surface area contributed by atoms with E-state index in [1.807, 2.05) is 13.8 Å². The number of halogens is 1. The van der Waals surface area contributed by atoms with Crippen molar-refractivity contribution in [1.29, 1.82) is 0 Å². The molecule has 1 N–H and O–H groups in total. The minimum absolute atomic E-state index is 0.211. The van der Waals surface area contributed by atoms with E-state index in [-0.39, 0.29) is 19.1 Å². The lowest BCUT2D eigenvalue weighted by molar-refractivity contribution is -0.114.